The minimum Gasteiger partial charge on any atom is -0.347 e. The fraction of sp³-hybridized carbons (Fsp3) is 0.385. The molecule has 1 aliphatic heterocycles. The molecule has 84 valence electrons. The van der Waals surface area contributed by atoms with Gasteiger partial charge in [0.15, 0.2) is 5.79 Å². The van der Waals surface area contributed by atoms with Crippen molar-refractivity contribution in [1.82, 2.24) is 0 Å². The fourth-order valence-corrected chi connectivity index (χ4v) is 2.81. The second-order valence-electron chi connectivity index (χ2n) is 4.54. The topological polar surface area (TPSA) is 18.5 Å². The molecule has 0 bridgehead atoms. The highest BCUT2D eigenvalue weighted by molar-refractivity contribution is 7.17. The van der Waals surface area contributed by atoms with Gasteiger partial charge in [0, 0.05) is 4.70 Å². The molecule has 3 rings (SSSR count). The van der Waals surface area contributed by atoms with Gasteiger partial charge in [-0.05, 0) is 48.4 Å². The third kappa shape index (κ3) is 1.75. The number of hydrogen-bond donors (Lipinski definition) is 0. The number of thiophene rings is 1. The van der Waals surface area contributed by atoms with Crippen molar-refractivity contribution < 1.29 is 9.47 Å². The zero-order valence-corrected chi connectivity index (χ0v) is 10.2. The SMILES string of the molecule is CC1(C)OCC(c2ccc3sccc3c2)O1. The van der Waals surface area contributed by atoms with Crippen LogP contribution < -0.4 is 0 Å². The van der Waals surface area contributed by atoms with E-state index in [1.807, 2.05) is 13.8 Å². The Labute approximate surface area is 98.8 Å². The Bertz CT molecular complexity index is 515. The van der Waals surface area contributed by atoms with E-state index in [-0.39, 0.29) is 6.10 Å². The average Bonchev–Trinajstić information content (AvgIpc) is 2.82. The molecule has 1 saturated heterocycles. The van der Waals surface area contributed by atoms with Crippen LogP contribution in [0.5, 0.6) is 0 Å². The van der Waals surface area contributed by atoms with Crippen molar-refractivity contribution in [3.05, 3.63) is 35.2 Å². The van der Waals surface area contributed by atoms with Crippen molar-refractivity contribution in [2.75, 3.05) is 6.61 Å². The van der Waals surface area contributed by atoms with Gasteiger partial charge in [0.2, 0.25) is 0 Å². The number of rotatable bonds is 1. The Morgan fingerprint density at radius 3 is 2.94 bits per heavy atom. The third-order valence-corrected chi connectivity index (χ3v) is 3.75. The van der Waals surface area contributed by atoms with Gasteiger partial charge in [-0.3, -0.25) is 0 Å². The summed E-state index contributed by atoms with van der Waals surface area (Å²) in [5.41, 5.74) is 1.21. The van der Waals surface area contributed by atoms with Crippen LogP contribution in [0, 0.1) is 0 Å². The molecule has 0 N–H and O–H groups in total. The largest absolute Gasteiger partial charge is 0.347 e. The standard InChI is InChI=1S/C13H14O2S/c1-13(2)14-8-11(15-13)9-3-4-12-10(7-9)5-6-16-12/h3-7,11H,8H2,1-2H3. The van der Waals surface area contributed by atoms with Crippen molar-refractivity contribution in [2.45, 2.75) is 25.7 Å². The normalized spacial score (nSPS) is 24.0. The van der Waals surface area contributed by atoms with Crippen LogP contribution in [-0.2, 0) is 9.47 Å². The van der Waals surface area contributed by atoms with Crippen LogP contribution in [-0.4, -0.2) is 12.4 Å². The Hall–Kier alpha value is -0.900. The van der Waals surface area contributed by atoms with E-state index in [4.69, 9.17) is 9.47 Å². The lowest BCUT2D eigenvalue weighted by atomic mass is 10.1. The molecule has 1 fully saturated rings. The molecule has 2 aromatic rings. The summed E-state index contributed by atoms with van der Waals surface area (Å²) >= 11 is 1.77. The van der Waals surface area contributed by atoms with Crippen LogP contribution in [0.3, 0.4) is 0 Å². The summed E-state index contributed by atoms with van der Waals surface area (Å²) in [6.45, 7) is 4.55. The molecule has 1 aliphatic rings. The molecule has 3 heteroatoms. The van der Waals surface area contributed by atoms with Crippen molar-refractivity contribution in [1.29, 1.82) is 0 Å². The molecule has 0 saturated carbocycles. The Balaban J connectivity index is 1.94. The predicted molar refractivity (Wildman–Crippen MR) is 65.7 cm³/mol. The molecule has 0 radical (unpaired) electrons. The molecule has 1 unspecified atom stereocenters. The van der Waals surface area contributed by atoms with Crippen LogP contribution >= 0.6 is 11.3 Å². The van der Waals surface area contributed by atoms with Gasteiger partial charge < -0.3 is 9.47 Å². The van der Waals surface area contributed by atoms with Crippen molar-refractivity contribution in [2.24, 2.45) is 0 Å². The molecule has 0 spiro atoms. The second-order valence-corrected chi connectivity index (χ2v) is 5.48. The molecule has 0 amide bonds. The van der Waals surface area contributed by atoms with Crippen LogP contribution in [0.25, 0.3) is 10.1 Å². The Kier molecular flexibility index (Phi) is 2.28. The first-order chi connectivity index (χ1) is 7.64. The van der Waals surface area contributed by atoms with Crippen LogP contribution in [0.2, 0.25) is 0 Å². The van der Waals surface area contributed by atoms with E-state index < -0.39 is 5.79 Å². The molecule has 1 aromatic heterocycles. The molecule has 2 heterocycles. The summed E-state index contributed by atoms with van der Waals surface area (Å²) in [5, 5.41) is 3.40. The van der Waals surface area contributed by atoms with E-state index in [1.165, 1.54) is 15.6 Å². The van der Waals surface area contributed by atoms with Gasteiger partial charge in [0.05, 0.1) is 6.61 Å². The first kappa shape index (κ1) is 10.3. The zero-order valence-electron chi connectivity index (χ0n) is 9.40. The molecule has 1 aromatic carbocycles. The maximum Gasteiger partial charge on any atom is 0.163 e. The van der Waals surface area contributed by atoms with E-state index >= 15 is 0 Å². The second kappa shape index (κ2) is 3.55. The summed E-state index contributed by atoms with van der Waals surface area (Å²) in [6, 6.07) is 8.63. The van der Waals surface area contributed by atoms with E-state index in [0.717, 1.165) is 0 Å². The number of fused-ring (bicyclic) bond motifs is 1. The summed E-state index contributed by atoms with van der Waals surface area (Å²) in [7, 11) is 0. The molecule has 0 aliphatic carbocycles. The lowest BCUT2D eigenvalue weighted by molar-refractivity contribution is -0.139. The lowest BCUT2D eigenvalue weighted by Gasteiger charge is -2.17. The average molecular weight is 234 g/mol. The van der Waals surface area contributed by atoms with Gasteiger partial charge in [0.25, 0.3) is 0 Å². The van der Waals surface area contributed by atoms with E-state index in [2.05, 4.69) is 29.6 Å². The summed E-state index contributed by atoms with van der Waals surface area (Å²) in [4.78, 5) is 0. The minimum absolute atomic E-state index is 0.0688. The highest BCUT2D eigenvalue weighted by Gasteiger charge is 2.33. The first-order valence-electron chi connectivity index (χ1n) is 5.43. The summed E-state index contributed by atoms with van der Waals surface area (Å²) in [5.74, 6) is -0.450. The third-order valence-electron chi connectivity index (χ3n) is 2.86. The molecule has 1 atom stereocenters. The molecular formula is C13H14O2S. The van der Waals surface area contributed by atoms with E-state index in [1.54, 1.807) is 11.3 Å². The van der Waals surface area contributed by atoms with Crippen molar-refractivity contribution in [3.63, 3.8) is 0 Å². The fourth-order valence-electron chi connectivity index (χ4n) is 2.04. The molecule has 2 nitrogen and oxygen atoms in total. The molecular weight excluding hydrogens is 220 g/mol. The minimum atomic E-state index is -0.450. The van der Waals surface area contributed by atoms with Gasteiger partial charge in [0.1, 0.15) is 6.10 Å². The van der Waals surface area contributed by atoms with Gasteiger partial charge >= 0.3 is 0 Å². The van der Waals surface area contributed by atoms with E-state index in [9.17, 15) is 0 Å². The highest BCUT2D eigenvalue weighted by atomic mass is 32.1. The van der Waals surface area contributed by atoms with Crippen LogP contribution in [0.15, 0.2) is 29.6 Å². The van der Waals surface area contributed by atoms with Gasteiger partial charge in [-0.25, -0.2) is 0 Å². The molecule has 16 heavy (non-hydrogen) atoms. The van der Waals surface area contributed by atoms with Gasteiger partial charge in [-0.15, -0.1) is 11.3 Å². The maximum atomic E-state index is 5.84. The smallest absolute Gasteiger partial charge is 0.163 e. The summed E-state index contributed by atoms with van der Waals surface area (Å²) < 4.78 is 12.7. The quantitative estimate of drug-likeness (QED) is 0.748. The van der Waals surface area contributed by atoms with Gasteiger partial charge in [-0.2, -0.15) is 0 Å². The Morgan fingerprint density at radius 2 is 2.19 bits per heavy atom. The van der Waals surface area contributed by atoms with Crippen molar-refractivity contribution in [3.8, 4) is 0 Å². The zero-order chi connectivity index (χ0) is 11.2. The van der Waals surface area contributed by atoms with Gasteiger partial charge in [-0.1, -0.05) is 6.07 Å². The number of hydrogen-bond acceptors (Lipinski definition) is 3. The van der Waals surface area contributed by atoms with E-state index in [0.29, 0.717) is 6.61 Å². The number of benzene rings is 1. The van der Waals surface area contributed by atoms with Crippen molar-refractivity contribution >= 4 is 21.4 Å². The summed E-state index contributed by atoms with van der Waals surface area (Å²) in [6.07, 6.45) is 0.0688. The predicted octanol–water partition coefficient (Wildman–Crippen LogP) is 3.73. The van der Waals surface area contributed by atoms with Crippen LogP contribution in [0.4, 0.5) is 0 Å². The maximum absolute atomic E-state index is 5.84. The Morgan fingerprint density at radius 1 is 1.31 bits per heavy atom. The van der Waals surface area contributed by atoms with Crippen LogP contribution in [0.1, 0.15) is 25.5 Å². The first-order valence-corrected chi connectivity index (χ1v) is 6.31. The lowest BCUT2D eigenvalue weighted by Crippen LogP contribution is -2.19. The highest BCUT2D eigenvalue weighted by Crippen LogP contribution is 2.34. The monoisotopic (exact) mass is 234 g/mol. The number of ether oxygens (including phenoxy) is 2.